The topological polar surface area (TPSA) is 61.4 Å². The highest BCUT2D eigenvalue weighted by Crippen LogP contribution is 2.25. The highest BCUT2D eigenvalue weighted by Gasteiger charge is 2.44. The highest BCUT2D eigenvalue weighted by molar-refractivity contribution is 7.89. The highest BCUT2D eigenvalue weighted by atomic mass is 32.2. The van der Waals surface area contributed by atoms with E-state index in [0.717, 1.165) is 12.1 Å². The van der Waals surface area contributed by atoms with Crippen molar-refractivity contribution in [3.05, 3.63) is 30.1 Å². The van der Waals surface area contributed by atoms with Crippen LogP contribution in [0.2, 0.25) is 0 Å². The van der Waals surface area contributed by atoms with Crippen molar-refractivity contribution in [3.63, 3.8) is 0 Å². The Kier molecular flexibility index (Phi) is 5.61. The number of nitrogens with zero attached hydrogens (tertiary/aromatic N) is 1. The average Bonchev–Trinajstić information content (AvgIpc) is 2.47. The van der Waals surface area contributed by atoms with Crippen molar-refractivity contribution in [2.45, 2.75) is 17.1 Å². The zero-order valence-corrected chi connectivity index (χ0v) is 12.9. The fourth-order valence-corrected chi connectivity index (χ4v) is 3.49. The van der Waals surface area contributed by atoms with E-state index in [1.165, 1.54) is 17.0 Å². The summed E-state index contributed by atoms with van der Waals surface area (Å²) in [5, 5.41) is 2.93. The van der Waals surface area contributed by atoms with E-state index >= 15 is 0 Å². The largest absolute Gasteiger partial charge is 0.405 e. The predicted molar refractivity (Wildman–Crippen MR) is 75.9 cm³/mol. The normalized spacial score (nSPS) is 18.8. The van der Waals surface area contributed by atoms with Crippen molar-refractivity contribution in [1.29, 1.82) is 0 Å². The first kappa shape index (κ1) is 18.1. The molecule has 130 valence electrons. The maximum Gasteiger partial charge on any atom is 0.405 e. The van der Waals surface area contributed by atoms with Crippen molar-refractivity contribution in [2.75, 3.05) is 32.7 Å². The van der Waals surface area contributed by atoms with Gasteiger partial charge in [-0.1, -0.05) is 12.1 Å². The number of sulfonamides is 1. The standard InChI is InChI=1S/C13H17F4N3O2S/c14-10-3-1-2-4-11(10)23(21,22)19-9-12(13(15,16)17)20-7-5-18-6-8-20/h1-4,12,18-19H,5-9H2. The van der Waals surface area contributed by atoms with Crippen LogP contribution in [0.1, 0.15) is 0 Å². The minimum atomic E-state index is -4.59. The molecule has 1 heterocycles. The molecule has 1 unspecified atom stereocenters. The number of alkyl halides is 3. The lowest BCUT2D eigenvalue weighted by molar-refractivity contribution is -0.182. The maximum absolute atomic E-state index is 13.5. The molecule has 0 bridgehead atoms. The molecule has 1 fully saturated rings. The zero-order valence-electron chi connectivity index (χ0n) is 12.1. The summed E-state index contributed by atoms with van der Waals surface area (Å²) in [6.07, 6.45) is -4.59. The number of hydrogen-bond donors (Lipinski definition) is 2. The lowest BCUT2D eigenvalue weighted by atomic mass is 10.2. The number of piperazine rings is 1. The van der Waals surface area contributed by atoms with Gasteiger partial charge >= 0.3 is 6.18 Å². The molecule has 0 aromatic heterocycles. The second kappa shape index (κ2) is 7.12. The monoisotopic (exact) mass is 355 g/mol. The van der Waals surface area contributed by atoms with Gasteiger partial charge in [-0.3, -0.25) is 4.90 Å². The van der Waals surface area contributed by atoms with Gasteiger partial charge in [0.15, 0.2) is 0 Å². The molecular weight excluding hydrogens is 338 g/mol. The molecule has 1 aromatic rings. The van der Waals surface area contributed by atoms with Crippen LogP contribution in [0.25, 0.3) is 0 Å². The number of benzene rings is 1. The molecule has 2 N–H and O–H groups in total. The Hall–Kier alpha value is -1.23. The Balaban J connectivity index is 2.13. The van der Waals surface area contributed by atoms with E-state index in [0.29, 0.717) is 13.1 Å². The van der Waals surface area contributed by atoms with Crippen molar-refractivity contribution in [1.82, 2.24) is 14.9 Å². The van der Waals surface area contributed by atoms with Gasteiger partial charge < -0.3 is 5.32 Å². The quantitative estimate of drug-likeness (QED) is 0.772. The van der Waals surface area contributed by atoms with Crippen molar-refractivity contribution in [3.8, 4) is 0 Å². The van der Waals surface area contributed by atoms with E-state index in [2.05, 4.69) is 5.32 Å². The van der Waals surface area contributed by atoms with Gasteiger partial charge in [0.05, 0.1) is 0 Å². The van der Waals surface area contributed by atoms with E-state index in [9.17, 15) is 26.0 Å². The van der Waals surface area contributed by atoms with Gasteiger partial charge in [-0.25, -0.2) is 17.5 Å². The van der Waals surface area contributed by atoms with Crippen molar-refractivity contribution < 1.29 is 26.0 Å². The summed E-state index contributed by atoms with van der Waals surface area (Å²) in [5.41, 5.74) is 0. The molecule has 1 aromatic carbocycles. The summed E-state index contributed by atoms with van der Waals surface area (Å²) in [4.78, 5) is 0.502. The summed E-state index contributed by atoms with van der Waals surface area (Å²) in [5.74, 6) is -1.01. The first-order valence-corrected chi connectivity index (χ1v) is 8.46. The molecule has 0 saturated carbocycles. The first-order valence-electron chi connectivity index (χ1n) is 6.97. The van der Waals surface area contributed by atoms with Gasteiger partial charge in [0.1, 0.15) is 16.8 Å². The minimum absolute atomic E-state index is 0.158. The molecule has 1 aliphatic rings. The van der Waals surface area contributed by atoms with Crippen LogP contribution in [0, 0.1) is 5.82 Å². The molecule has 0 spiro atoms. The maximum atomic E-state index is 13.5. The third-order valence-corrected chi connectivity index (χ3v) is 5.02. The Morgan fingerprint density at radius 2 is 1.83 bits per heavy atom. The van der Waals surface area contributed by atoms with E-state index in [1.807, 2.05) is 4.72 Å². The summed E-state index contributed by atoms with van der Waals surface area (Å²) in [6, 6.07) is 2.59. The van der Waals surface area contributed by atoms with Gasteiger partial charge in [-0.05, 0) is 12.1 Å². The lowest BCUT2D eigenvalue weighted by Gasteiger charge is -2.35. The Labute approximate surface area is 131 Å². The van der Waals surface area contributed by atoms with Crippen LogP contribution in [0.3, 0.4) is 0 Å². The fraction of sp³-hybridized carbons (Fsp3) is 0.538. The van der Waals surface area contributed by atoms with E-state index < -0.39 is 39.5 Å². The van der Waals surface area contributed by atoms with Gasteiger partial charge in [0, 0.05) is 32.7 Å². The molecule has 0 amide bonds. The molecular formula is C13H17F4N3O2S. The van der Waals surface area contributed by atoms with Crippen LogP contribution in [-0.2, 0) is 10.0 Å². The smallest absolute Gasteiger partial charge is 0.314 e. The third kappa shape index (κ3) is 4.63. The third-order valence-electron chi connectivity index (χ3n) is 3.56. The fourth-order valence-electron chi connectivity index (χ4n) is 2.37. The predicted octanol–water partition coefficient (Wildman–Crippen LogP) is 0.940. The van der Waals surface area contributed by atoms with Gasteiger partial charge in [-0.2, -0.15) is 13.2 Å². The molecule has 10 heteroatoms. The van der Waals surface area contributed by atoms with E-state index in [1.54, 1.807) is 0 Å². The van der Waals surface area contributed by atoms with Crippen LogP contribution < -0.4 is 10.0 Å². The zero-order chi connectivity index (χ0) is 17.1. The number of nitrogens with one attached hydrogen (secondary N) is 2. The van der Waals surface area contributed by atoms with E-state index in [4.69, 9.17) is 0 Å². The number of hydrogen-bond acceptors (Lipinski definition) is 4. The van der Waals surface area contributed by atoms with Crippen molar-refractivity contribution in [2.24, 2.45) is 0 Å². The second-order valence-corrected chi connectivity index (χ2v) is 6.86. The first-order chi connectivity index (χ1) is 10.7. The Morgan fingerprint density at radius 3 is 2.39 bits per heavy atom. The molecule has 1 saturated heterocycles. The van der Waals surface area contributed by atoms with Crippen LogP contribution in [-0.4, -0.2) is 58.3 Å². The average molecular weight is 355 g/mol. The summed E-state index contributed by atoms with van der Waals surface area (Å²) in [6.45, 7) is 0.247. The molecule has 1 atom stereocenters. The second-order valence-electron chi connectivity index (χ2n) is 5.13. The van der Waals surface area contributed by atoms with Crippen molar-refractivity contribution >= 4 is 10.0 Å². The summed E-state index contributed by atoms with van der Waals surface area (Å²) in [7, 11) is -4.35. The van der Waals surface area contributed by atoms with Crippen LogP contribution in [0.5, 0.6) is 0 Å². The molecule has 0 aliphatic carbocycles. The van der Waals surface area contributed by atoms with E-state index in [-0.39, 0.29) is 13.1 Å². The SMILES string of the molecule is O=S(=O)(NCC(N1CCNCC1)C(F)(F)F)c1ccccc1F. The molecule has 5 nitrogen and oxygen atoms in total. The summed E-state index contributed by atoms with van der Waals surface area (Å²) >= 11 is 0. The van der Waals surface area contributed by atoms with Crippen LogP contribution >= 0.6 is 0 Å². The minimum Gasteiger partial charge on any atom is -0.314 e. The Morgan fingerprint density at radius 1 is 1.22 bits per heavy atom. The molecule has 1 aliphatic heterocycles. The van der Waals surface area contributed by atoms with Crippen LogP contribution in [0.4, 0.5) is 17.6 Å². The lowest BCUT2D eigenvalue weighted by Crippen LogP contribution is -2.57. The van der Waals surface area contributed by atoms with Gasteiger partial charge in [0.2, 0.25) is 10.0 Å². The van der Waals surface area contributed by atoms with Crippen LogP contribution in [0.15, 0.2) is 29.2 Å². The Bertz CT molecular complexity index is 630. The van der Waals surface area contributed by atoms with Gasteiger partial charge in [-0.15, -0.1) is 0 Å². The number of rotatable bonds is 5. The number of halogens is 4. The molecule has 0 radical (unpaired) electrons. The molecule has 23 heavy (non-hydrogen) atoms. The molecule has 2 rings (SSSR count). The summed E-state index contributed by atoms with van der Waals surface area (Å²) < 4.78 is 79.0. The van der Waals surface area contributed by atoms with Gasteiger partial charge in [0.25, 0.3) is 0 Å².